The fourth-order valence-corrected chi connectivity index (χ4v) is 3.27. The third-order valence-corrected chi connectivity index (χ3v) is 4.95. The van der Waals surface area contributed by atoms with Gasteiger partial charge >= 0.3 is 0 Å². The van der Waals surface area contributed by atoms with Gasteiger partial charge in [0.1, 0.15) is 11.5 Å². The van der Waals surface area contributed by atoms with Crippen LogP contribution in [0.2, 0.25) is 0 Å². The molecule has 1 aromatic rings. The lowest BCUT2D eigenvalue weighted by molar-refractivity contribution is -0.00839. The highest BCUT2D eigenvalue weighted by atomic mass is 16.5. The van der Waals surface area contributed by atoms with Crippen LogP contribution >= 0.6 is 0 Å². The van der Waals surface area contributed by atoms with E-state index < -0.39 is 6.10 Å². The molecular formula is C17H27NO3. The van der Waals surface area contributed by atoms with E-state index in [1.54, 1.807) is 14.2 Å². The van der Waals surface area contributed by atoms with E-state index >= 15 is 0 Å². The molecule has 1 fully saturated rings. The Bertz CT molecular complexity index is 445. The molecule has 2 rings (SSSR count). The molecule has 1 aliphatic rings. The van der Waals surface area contributed by atoms with Crippen LogP contribution in [0.3, 0.4) is 0 Å². The molecule has 1 saturated carbocycles. The molecular weight excluding hydrogens is 266 g/mol. The summed E-state index contributed by atoms with van der Waals surface area (Å²) in [6.07, 6.45) is 3.58. The van der Waals surface area contributed by atoms with Gasteiger partial charge in [0.15, 0.2) is 0 Å². The average molecular weight is 293 g/mol. The molecule has 4 nitrogen and oxygen atoms in total. The van der Waals surface area contributed by atoms with E-state index in [0.717, 1.165) is 37.2 Å². The van der Waals surface area contributed by atoms with Crippen LogP contribution in [0, 0.1) is 11.3 Å². The second kappa shape index (κ2) is 6.67. The first-order valence-corrected chi connectivity index (χ1v) is 7.66. The van der Waals surface area contributed by atoms with Gasteiger partial charge in [-0.05, 0) is 36.5 Å². The molecule has 118 valence electrons. The standard InChI is InChI=1S/C17H27NO3/c1-12-4-6-17(11-18,7-5-12)16(19)13-8-14(20-2)10-15(9-13)21-3/h8-10,12,16,19H,4-7,11,18H2,1-3H3. The summed E-state index contributed by atoms with van der Waals surface area (Å²) in [6.45, 7) is 2.77. The molecule has 1 unspecified atom stereocenters. The van der Waals surface area contributed by atoms with Gasteiger partial charge in [-0.15, -0.1) is 0 Å². The van der Waals surface area contributed by atoms with Crippen molar-refractivity contribution in [3.05, 3.63) is 23.8 Å². The third kappa shape index (κ3) is 3.33. The Morgan fingerprint density at radius 2 is 1.71 bits per heavy atom. The number of hydrogen-bond acceptors (Lipinski definition) is 4. The number of aliphatic hydroxyl groups is 1. The predicted molar refractivity (Wildman–Crippen MR) is 83.6 cm³/mol. The molecule has 0 radical (unpaired) electrons. The number of nitrogens with two attached hydrogens (primary N) is 1. The first-order valence-electron chi connectivity index (χ1n) is 7.66. The number of ether oxygens (including phenoxy) is 2. The third-order valence-electron chi connectivity index (χ3n) is 4.95. The van der Waals surface area contributed by atoms with Crippen LogP contribution < -0.4 is 15.2 Å². The van der Waals surface area contributed by atoms with E-state index in [-0.39, 0.29) is 5.41 Å². The van der Waals surface area contributed by atoms with Crippen molar-refractivity contribution in [2.24, 2.45) is 17.1 Å². The van der Waals surface area contributed by atoms with E-state index in [9.17, 15) is 5.11 Å². The smallest absolute Gasteiger partial charge is 0.122 e. The van der Waals surface area contributed by atoms with Crippen molar-refractivity contribution in [2.75, 3.05) is 20.8 Å². The van der Waals surface area contributed by atoms with E-state index in [1.165, 1.54) is 0 Å². The number of methoxy groups -OCH3 is 2. The van der Waals surface area contributed by atoms with Crippen molar-refractivity contribution >= 4 is 0 Å². The van der Waals surface area contributed by atoms with Crippen LogP contribution in [-0.4, -0.2) is 25.9 Å². The Hall–Kier alpha value is -1.26. The monoisotopic (exact) mass is 293 g/mol. The van der Waals surface area contributed by atoms with Gasteiger partial charge in [-0.3, -0.25) is 0 Å². The zero-order valence-electron chi connectivity index (χ0n) is 13.3. The molecule has 0 amide bonds. The Balaban J connectivity index is 2.30. The summed E-state index contributed by atoms with van der Waals surface area (Å²) in [7, 11) is 3.23. The highest BCUT2D eigenvalue weighted by Gasteiger charge is 2.40. The van der Waals surface area contributed by atoms with Crippen molar-refractivity contribution in [2.45, 2.75) is 38.7 Å². The molecule has 1 aliphatic carbocycles. The largest absolute Gasteiger partial charge is 0.497 e. The van der Waals surface area contributed by atoms with Crippen molar-refractivity contribution in [1.29, 1.82) is 0 Å². The first kappa shape index (κ1) is 16.1. The Kier molecular flexibility index (Phi) is 5.12. The molecule has 0 bridgehead atoms. The van der Waals surface area contributed by atoms with Crippen LogP contribution in [0.5, 0.6) is 11.5 Å². The Labute approximate surface area is 127 Å². The van der Waals surface area contributed by atoms with Crippen LogP contribution in [0.15, 0.2) is 18.2 Å². The van der Waals surface area contributed by atoms with Gasteiger partial charge in [-0.2, -0.15) is 0 Å². The van der Waals surface area contributed by atoms with Crippen molar-refractivity contribution in [3.63, 3.8) is 0 Å². The van der Waals surface area contributed by atoms with Gasteiger partial charge in [0.25, 0.3) is 0 Å². The molecule has 0 aromatic heterocycles. The van der Waals surface area contributed by atoms with Crippen LogP contribution in [0.1, 0.15) is 44.3 Å². The summed E-state index contributed by atoms with van der Waals surface area (Å²) in [5, 5.41) is 10.9. The fourth-order valence-electron chi connectivity index (χ4n) is 3.27. The zero-order chi connectivity index (χ0) is 15.5. The zero-order valence-corrected chi connectivity index (χ0v) is 13.3. The van der Waals surface area contributed by atoms with Gasteiger partial charge in [-0.1, -0.05) is 19.8 Å². The molecule has 3 N–H and O–H groups in total. The number of aliphatic hydroxyl groups excluding tert-OH is 1. The summed E-state index contributed by atoms with van der Waals surface area (Å²) in [4.78, 5) is 0. The normalized spacial score (nSPS) is 27.2. The van der Waals surface area contributed by atoms with Gasteiger partial charge in [0.2, 0.25) is 0 Å². The quantitative estimate of drug-likeness (QED) is 0.876. The highest BCUT2D eigenvalue weighted by molar-refractivity contribution is 5.40. The molecule has 0 aliphatic heterocycles. The summed E-state index contributed by atoms with van der Waals surface area (Å²) < 4.78 is 10.6. The Morgan fingerprint density at radius 3 is 2.14 bits per heavy atom. The number of hydrogen-bond donors (Lipinski definition) is 2. The summed E-state index contributed by atoms with van der Waals surface area (Å²) in [6, 6.07) is 5.57. The lowest BCUT2D eigenvalue weighted by atomic mass is 9.66. The lowest BCUT2D eigenvalue weighted by Crippen LogP contribution is -2.40. The van der Waals surface area contributed by atoms with Crippen molar-refractivity contribution in [3.8, 4) is 11.5 Å². The van der Waals surface area contributed by atoms with Gasteiger partial charge < -0.3 is 20.3 Å². The minimum absolute atomic E-state index is 0.232. The summed E-state index contributed by atoms with van der Waals surface area (Å²) in [5.41, 5.74) is 6.63. The molecule has 0 spiro atoms. The predicted octanol–water partition coefficient (Wildman–Crippen LogP) is 2.89. The molecule has 1 atom stereocenters. The SMILES string of the molecule is COc1cc(OC)cc(C(O)C2(CN)CCC(C)CC2)c1. The number of rotatable bonds is 5. The van der Waals surface area contributed by atoms with E-state index in [1.807, 2.05) is 18.2 Å². The van der Waals surface area contributed by atoms with Gasteiger partial charge in [0.05, 0.1) is 20.3 Å². The van der Waals surface area contributed by atoms with Crippen molar-refractivity contribution in [1.82, 2.24) is 0 Å². The minimum Gasteiger partial charge on any atom is -0.497 e. The topological polar surface area (TPSA) is 64.7 Å². The van der Waals surface area contributed by atoms with E-state index in [2.05, 4.69) is 6.92 Å². The molecule has 21 heavy (non-hydrogen) atoms. The maximum Gasteiger partial charge on any atom is 0.122 e. The number of benzene rings is 1. The first-order chi connectivity index (χ1) is 10.0. The fraction of sp³-hybridized carbons (Fsp3) is 0.647. The second-order valence-electron chi connectivity index (χ2n) is 6.30. The highest BCUT2D eigenvalue weighted by Crippen LogP contribution is 2.47. The maximum atomic E-state index is 10.9. The molecule has 0 heterocycles. The average Bonchev–Trinajstić information content (AvgIpc) is 2.54. The Morgan fingerprint density at radius 1 is 1.19 bits per heavy atom. The van der Waals surface area contributed by atoms with E-state index in [0.29, 0.717) is 18.0 Å². The molecule has 1 aromatic carbocycles. The van der Waals surface area contributed by atoms with Gasteiger partial charge in [-0.25, -0.2) is 0 Å². The van der Waals surface area contributed by atoms with Crippen LogP contribution in [-0.2, 0) is 0 Å². The summed E-state index contributed by atoms with van der Waals surface area (Å²) >= 11 is 0. The lowest BCUT2D eigenvalue weighted by Gasteiger charge is -2.42. The van der Waals surface area contributed by atoms with Crippen LogP contribution in [0.4, 0.5) is 0 Å². The van der Waals surface area contributed by atoms with E-state index in [4.69, 9.17) is 15.2 Å². The second-order valence-corrected chi connectivity index (χ2v) is 6.30. The van der Waals surface area contributed by atoms with Crippen molar-refractivity contribution < 1.29 is 14.6 Å². The van der Waals surface area contributed by atoms with Gasteiger partial charge in [0, 0.05) is 18.0 Å². The minimum atomic E-state index is -0.584. The van der Waals surface area contributed by atoms with Crippen LogP contribution in [0.25, 0.3) is 0 Å². The summed E-state index contributed by atoms with van der Waals surface area (Å²) in [5.74, 6) is 2.11. The molecule has 0 saturated heterocycles. The molecule has 4 heteroatoms. The maximum absolute atomic E-state index is 10.9.